The predicted octanol–water partition coefficient (Wildman–Crippen LogP) is 3.19. The van der Waals surface area contributed by atoms with Crippen LogP contribution in [0.4, 0.5) is 18.9 Å². The van der Waals surface area contributed by atoms with E-state index in [1.54, 1.807) is 0 Å². The van der Waals surface area contributed by atoms with Gasteiger partial charge >= 0.3 is 18.1 Å². The highest BCUT2D eigenvalue weighted by Gasteiger charge is 2.38. The van der Waals surface area contributed by atoms with Gasteiger partial charge in [0.1, 0.15) is 0 Å². The molecule has 0 radical (unpaired) electrons. The molecule has 4 nitrogen and oxygen atoms in total. The number of amides is 1. The first-order valence-electron chi connectivity index (χ1n) is 4.23. The molecule has 1 aromatic carbocycles. The van der Waals surface area contributed by atoms with Crippen molar-refractivity contribution in [3.05, 3.63) is 27.7 Å². The molecule has 0 aliphatic rings. The number of alkyl halides is 3. The number of rotatable bonds is 2. The van der Waals surface area contributed by atoms with Crippen molar-refractivity contribution >= 4 is 40.8 Å². The number of anilines is 1. The van der Waals surface area contributed by atoms with Gasteiger partial charge in [0.15, 0.2) is 0 Å². The maximum absolute atomic E-state index is 12.0. The van der Waals surface area contributed by atoms with Crippen molar-refractivity contribution in [1.29, 1.82) is 0 Å². The van der Waals surface area contributed by atoms with Gasteiger partial charge in [-0.15, -0.1) is 0 Å². The van der Waals surface area contributed by atoms with Crippen LogP contribution in [0.5, 0.6) is 0 Å². The van der Waals surface area contributed by atoms with E-state index in [4.69, 9.17) is 28.3 Å². The Morgan fingerprint density at radius 1 is 1.17 bits per heavy atom. The quantitative estimate of drug-likeness (QED) is 0.881. The largest absolute Gasteiger partial charge is 0.478 e. The molecule has 0 fully saturated rings. The Labute approximate surface area is 108 Å². The molecule has 18 heavy (non-hydrogen) atoms. The van der Waals surface area contributed by atoms with Crippen molar-refractivity contribution < 1.29 is 27.9 Å². The maximum atomic E-state index is 12.0. The number of hydrogen-bond acceptors (Lipinski definition) is 2. The van der Waals surface area contributed by atoms with Crippen LogP contribution in [-0.4, -0.2) is 23.2 Å². The van der Waals surface area contributed by atoms with Crippen molar-refractivity contribution in [3.63, 3.8) is 0 Å². The van der Waals surface area contributed by atoms with E-state index in [1.807, 2.05) is 0 Å². The van der Waals surface area contributed by atoms with Crippen LogP contribution in [0.25, 0.3) is 0 Å². The maximum Gasteiger partial charge on any atom is 0.471 e. The molecule has 0 spiro atoms. The van der Waals surface area contributed by atoms with E-state index < -0.39 is 23.6 Å². The van der Waals surface area contributed by atoms with E-state index in [0.29, 0.717) is 0 Å². The summed E-state index contributed by atoms with van der Waals surface area (Å²) in [7, 11) is 0. The van der Waals surface area contributed by atoms with Crippen LogP contribution in [-0.2, 0) is 4.79 Å². The van der Waals surface area contributed by atoms with Crippen LogP contribution in [0.1, 0.15) is 10.4 Å². The third-order valence-electron chi connectivity index (χ3n) is 1.77. The fourth-order valence-corrected chi connectivity index (χ4v) is 1.70. The summed E-state index contributed by atoms with van der Waals surface area (Å²) in [5.74, 6) is -3.64. The molecule has 1 aromatic rings. The molecule has 0 unspecified atom stereocenters. The monoisotopic (exact) mass is 301 g/mol. The molecular weight excluding hydrogens is 298 g/mol. The molecule has 0 saturated carbocycles. The predicted molar refractivity (Wildman–Crippen MR) is 58.1 cm³/mol. The highest BCUT2D eigenvalue weighted by Crippen LogP contribution is 2.30. The number of hydrogen-bond donors (Lipinski definition) is 2. The van der Waals surface area contributed by atoms with Crippen LogP contribution in [0.2, 0.25) is 10.0 Å². The van der Waals surface area contributed by atoms with Gasteiger partial charge in [0.25, 0.3) is 0 Å². The van der Waals surface area contributed by atoms with Gasteiger partial charge in [0.05, 0.1) is 15.6 Å². The minimum Gasteiger partial charge on any atom is -0.478 e. The molecule has 1 rings (SSSR count). The van der Waals surface area contributed by atoms with Crippen molar-refractivity contribution in [2.24, 2.45) is 0 Å². The van der Waals surface area contributed by atoms with Gasteiger partial charge in [-0.25, -0.2) is 4.79 Å². The minimum atomic E-state index is -5.07. The molecule has 1 amide bonds. The van der Waals surface area contributed by atoms with Crippen LogP contribution >= 0.6 is 23.2 Å². The van der Waals surface area contributed by atoms with E-state index in [2.05, 4.69) is 0 Å². The lowest BCUT2D eigenvalue weighted by molar-refractivity contribution is -0.167. The number of carboxylic acids is 1. The average Bonchev–Trinajstić information content (AvgIpc) is 2.13. The fourth-order valence-electron chi connectivity index (χ4n) is 1.05. The molecule has 0 atom stereocenters. The molecule has 0 saturated heterocycles. The lowest BCUT2D eigenvalue weighted by Crippen LogP contribution is -2.29. The average molecular weight is 302 g/mol. The Kier molecular flexibility index (Phi) is 4.08. The van der Waals surface area contributed by atoms with Gasteiger partial charge in [0.2, 0.25) is 0 Å². The smallest absolute Gasteiger partial charge is 0.471 e. The fraction of sp³-hybridized carbons (Fsp3) is 0.111. The summed E-state index contributed by atoms with van der Waals surface area (Å²) >= 11 is 11.1. The lowest BCUT2D eigenvalue weighted by atomic mass is 10.2. The van der Waals surface area contributed by atoms with E-state index in [9.17, 15) is 22.8 Å². The first-order valence-corrected chi connectivity index (χ1v) is 4.99. The first kappa shape index (κ1) is 14.6. The van der Waals surface area contributed by atoms with Crippen LogP contribution < -0.4 is 5.32 Å². The third kappa shape index (κ3) is 3.27. The molecule has 2 N–H and O–H groups in total. The zero-order chi connectivity index (χ0) is 14.1. The van der Waals surface area contributed by atoms with Gasteiger partial charge in [-0.2, -0.15) is 13.2 Å². The van der Waals surface area contributed by atoms with Gasteiger partial charge in [-0.1, -0.05) is 23.2 Å². The minimum absolute atomic E-state index is 0.350. The third-order valence-corrected chi connectivity index (χ3v) is 2.37. The highest BCUT2D eigenvalue weighted by atomic mass is 35.5. The second-order valence-corrected chi connectivity index (χ2v) is 3.89. The van der Waals surface area contributed by atoms with Crippen LogP contribution in [0.3, 0.4) is 0 Å². The van der Waals surface area contributed by atoms with E-state index >= 15 is 0 Å². The zero-order valence-electron chi connectivity index (χ0n) is 8.31. The number of halogens is 5. The van der Waals surface area contributed by atoms with Crippen molar-refractivity contribution in [3.8, 4) is 0 Å². The Balaban J connectivity index is 3.08. The second kappa shape index (κ2) is 5.03. The molecular formula is C9H4Cl2F3NO3. The Hall–Kier alpha value is -1.47. The van der Waals surface area contributed by atoms with Crippen LogP contribution in [0.15, 0.2) is 12.1 Å². The van der Waals surface area contributed by atoms with E-state index in [-0.39, 0.29) is 15.7 Å². The molecule has 0 aromatic heterocycles. The summed E-state index contributed by atoms with van der Waals surface area (Å²) in [5.41, 5.74) is -0.805. The summed E-state index contributed by atoms with van der Waals surface area (Å²) in [5, 5.41) is 9.45. The highest BCUT2D eigenvalue weighted by molar-refractivity contribution is 6.39. The number of carbonyl (C=O) groups excluding carboxylic acids is 1. The number of carbonyl (C=O) groups is 2. The van der Waals surface area contributed by atoms with Crippen LogP contribution in [0, 0.1) is 0 Å². The SMILES string of the molecule is O=C(O)c1c(Cl)cc(NC(=O)C(F)(F)F)cc1Cl. The number of benzene rings is 1. The molecule has 0 heterocycles. The number of carboxylic acid groups (broad SMARTS) is 1. The van der Waals surface area contributed by atoms with E-state index in [1.165, 1.54) is 5.32 Å². The number of nitrogens with one attached hydrogen (secondary N) is 1. The van der Waals surface area contributed by atoms with Gasteiger partial charge in [-0.05, 0) is 12.1 Å². The van der Waals surface area contributed by atoms with Gasteiger partial charge < -0.3 is 10.4 Å². The van der Waals surface area contributed by atoms with Crippen molar-refractivity contribution in [2.45, 2.75) is 6.18 Å². The summed E-state index contributed by atoms with van der Waals surface area (Å²) in [6.07, 6.45) is -5.07. The summed E-state index contributed by atoms with van der Waals surface area (Å²) < 4.78 is 35.9. The number of aromatic carboxylic acids is 1. The molecule has 0 aliphatic carbocycles. The molecule has 0 aliphatic heterocycles. The topological polar surface area (TPSA) is 66.4 Å². The Bertz CT molecular complexity index is 493. The second-order valence-electron chi connectivity index (χ2n) is 3.07. The molecule has 9 heteroatoms. The lowest BCUT2D eigenvalue weighted by Gasteiger charge is -2.10. The van der Waals surface area contributed by atoms with E-state index in [0.717, 1.165) is 12.1 Å². The Morgan fingerprint density at radius 3 is 1.94 bits per heavy atom. The van der Waals surface area contributed by atoms with Crippen molar-refractivity contribution in [2.75, 3.05) is 5.32 Å². The molecule has 0 bridgehead atoms. The summed E-state index contributed by atoms with van der Waals surface area (Å²) in [6.45, 7) is 0. The zero-order valence-corrected chi connectivity index (χ0v) is 9.82. The normalized spacial score (nSPS) is 11.2. The van der Waals surface area contributed by atoms with Gasteiger partial charge in [-0.3, -0.25) is 4.79 Å². The van der Waals surface area contributed by atoms with Gasteiger partial charge in [0, 0.05) is 5.69 Å². The summed E-state index contributed by atoms with van der Waals surface area (Å²) in [4.78, 5) is 21.3. The first-order chi connectivity index (χ1) is 8.12. The Morgan fingerprint density at radius 2 is 1.61 bits per heavy atom. The summed E-state index contributed by atoms with van der Waals surface area (Å²) in [6, 6.07) is 1.72. The standard InChI is InChI=1S/C9H4Cl2F3NO3/c10-4-1-3(15-8(18)9(12,13)14)2-5(11)6(4)7(16)17/h1-2H,(H,15,18)(H,16,17). The van der Waals surface area contributed by atoms with Crippen molar-refractivity contribution in [1.82, 2.24) is 0 Å². The molecule has 98 valence electrons.